The number of carbonyl (C=O) groups is 1. The first-order chi connectivity index (χ1) is 16.9. The summed E-state index contributed by atoms with van der Waals surface area (Å²) in [6.07, 6.45) is 14.0. The molecule has 5 heteroatoms. The molecule has 1 N–H and O–H groups in total. The summed E-state index contributed by atoms with van der Waals surface area (Å²) in [5.41, 5.74) is 1.40. The Morgan fingerprint density at radius 1 is 1.14 bits per heavy atom. The zero-order chi connectivity index (χ0) is 26.3. The molecule has 0 spiro atoms. The second kappa shape index (κ2) is 10.7. The van der Waals surface area contributed by atoms with Crippen LogP contribution in [0.2, 0.25) is 0 Å². The van der Waals surface area contributed by atoms with E-state index in [1.807, 2.05) is 13.8 Å². The average Bonchev–Trinajstić information content (AvgIpc) is 3.15. The van der Waals surface area contributed by atoms with Crippen LogP contribution in [-0.4, -0.2) is 42.8 Å². The number of carbonyl (C=O) groups excluding carboxylic acids is 1. The van der Waals surface area contributed by atoms with E-state index in [4.69, 9.17) is 14.2 Å². The third-order valence-corrected chi connectivity index (χ3v) is 11.2. The van der Waals surface area contributed by atoms with E-state index in [-0.39, 0.29) is 30.4 Å². The van der Waals surface area contributed by atoms with Crippen molar-refractivity contribution < 1.29 is 24.1 Å². The molecule has 0 aromatic heterocycles. The summed E-state index contributed by atoms with van der Waals surface area (Å²) in [5.74, 6) is 3.58. The van der Waals surface area contributed by atoms with Crippen LogP contribution in [-0.2, 0) is 19.0 Å². The first kappa shape index (κ1) is 28.1. The maximum Gasteiger partial charge on any atom is 0.302 e. The number of aliphatic hydroxyl groups is 1. The van der Waals surface area contributed by atoms with Gasteiger partial charge in [0.2, 0.25) is 0 Å². The van der Waals surface area contributed by atoms with Gasteiger partial charge in [0.1, 0.15) is 12.9 Å². The van der Waals surface area contributed by atoms with Crippen molar-refractivity contribution in [2.75, 3.05) is 13.9 Å². The molecule has 0 saturated heterocycles. The molecule has 0 heterocycles. The van der Waals surface area contributed by atoms with E-state index in [0.717, 1.165) is 55.8 Å². The van der Waals surface area contributed by atoms with Gasteiger partial charge in [-0.25, -0.2) is 0 Å². The highest BCUT2D eigenvalue weighted by Crippen LogP contribution is 2.67. The molecule has 4 rings (SSSR count). The van der Waals surface area contributed by atoms with E-state index in [1.54, 1.807) is 12.7 Å². The standard InChI is InChI=1S/C31H52O5/c1-20(8-13-28(29(3,4)33)35-19-34-7)25-11-12-26-24-10-9-22-18-23(36-21(2)32)14-16-30(22,5)27(24)15-17-31(25,26)6/h9,20,23-28,33H,8,10-19H2,1-7H3/t20-,23+,24+,25-,26+,27+,28-,30+,31-/m1/s1. The van der Waals surface area contributed by atoms with Crippen molar-refractivity contribution in [3.8, 4) is 0 Å². The van der Waals surface area contributed by atoms with Crippen LogP contribution in [0.4, 0.5) is 0 Å². The molecule has 9 atom stereocenters. The van der Waals surface area contributed by atoms with Gasteiger partial charge < -0.3 is 19.3 Å². The first-order valence-electron chi connectivity index (χ1n) is 14.6. The van der Waals surface area contributed by atoms with Gasteiger partial charge in [-0.15, -0.1) is 0 Å². The summed E-state index contributed by atoms with van der Waals surface area (Å²) in [7, 11) is 1.63. The van der Waals surface area contributed by atoms with Gasteiger partial charge in [0, 0.05) is 20.5 Å². The van der Waals surface area contributed by atoms with E-state index < -0.39 is 5.60 Å². The second-order valence-electron chi connectivity index (χ2n) is 13.7. The van der Waals surface area contributed by atoms with Crippen LogP contribution in [0.25, 0.3) is 0 Å². The summed E-state index contributed by atoms with van der Waals surface area (Å²) in [5, 5.41) is 10.6. The number of methoxy groups -OCH3 is 1. The van der Waals surface area contributed by atoms with Crippen molar-refractivity contribution in [3.63, 3.8) is 0 Å². The lowest BCUT2D eigenvalue weighted by molar-refractivity contribution is -0.149. The summed E-state index contributed by atoms with van der Waals surface area (Å²) >= 11 is 0. The average molecular weight is 505 g/mol. The van der Waals surface area contributed by atoms with Crippen molar-refractivity contribution in [2.24, 2.45) is 40.4 Å². The van der Waals surface area contributed by atoms with Crippen LogP contribution in [0.3, 0.4) is 0 Å². The Kier molecular flexibility index (Phi) is 8.35. The molecule has 5 nitrogen and oxygen atoms in total. The van der Waals surface area contributed by atoms with E-state index in [2.05, 4.69) is 26.8 Å². The molecule has 206 valence electrons. The van der Waals surface area contributed by atoms with Crippen LogP contribution in [0, 0.1) is 40.4 Å². The van der Waals surface area contributed by atoms with E-state index in [0.29, 0.717) is 11.3 Å². The SMILES string of the molecule is COCO[C@H](CC[C@@H](C)[C@H]1CC[C@H]2[C@@H]3CC=C4C[C@@H](OC(C)=O)CC[C@]4(C)[C@H]3CC[C@]12C)C(C)(C)O. The van der Waals surface area contributed by atoms with Crippen LogP contribution >= 0.6 is 0 Å². The van der Waals surface area contributed by atoms with Gasteiger partial charge in [0.25, 0.3) is 0 Å². The molecule has 4 aliphatic carbocycles. The number of fused-ring (bicyclic) bond motifs is 5. The summed E-state index contributed by atoms with van der Waals surface area (Å²) < 4.78 is 16.6. The lowest BCUT2D eigenvalue weighted by Gasteiger charge is -2.58. The molecule has 3 fully saturated rings. The first-order valence-corrected chi connectivity index (χ1v) is 14.6. The Hall–Kier alpha value is -0.910. The monoisotopic (exact) mass is 504 g/mol. The molecule has 4 aliphatic rings. The predicted molar refractivity (Wildman–Crippen MR) is 142 cm³/mol. The summed E-state index contributed by atoms with van der Waals surface area (Å²) in [6.45, 7) is 13.0. The number of ether oxygens (including phenoxy) is 3. The van der Waals surface area contributed by atoms with Crippen molar-refractivity contribution in [2.45, 2.75) is 124 Å². The Labute approximate surface area is 219 Å². The molecule has 0 amide bonds. The highest BCUT2D eigenvalue weighted by Gasteiger charge is 2.59. The van der Waals surface area contributed by atoms with Crippen LogP contribution in [0.1, 0.15) is 106 Å². The molecule has 0 unspecified atom stereocenters. The number of hydrogen-bond donors (Lipinski definition) is 1. The Bertz CT molecular complexity index is 814. The fraction of sp³-hybridized carbons (Fsp3) is 0.903. The van der Waals surface area contributed by atoms with Crippen molar-refractivity contribution in [1.29, 1.82) is 0 Å². The number of hydrogen-bond acceptors (Lipinski definition) is 5. The van der Waals surface area contributed by atoms with Gasteiger partial charge in [-0.3, -0.25) is 4.79 Å². The number of rotatable bonds is 9. The van der Waals surface area contributed by atoms with Crippen molar-refractivity contribution in [1.82, 2.24) is 0 Å². The normalized spacial score (nSPS) is 39.9. The lowest BCUT2D eigenvalue weighted by Crippen LogP contribution is -2.51. The third-order valence-electron chi connectivity index (χ3n) is 11.2. The third kappa shape index (κ3) is 5.31. The molecular formula is C31H52O5. The minimum atomic E-state index is -0.867. The Morgan fingerprint density at radius 2 is 1.89 bits per heavy atom. The van der Waals surface area contributed by atoms with Gasteiger partial charge in [-0.2, -0.15) is 0 Å². The largest absolute Gasteiger partial charge is 0.462 e. The zero-order valence-electron chi connectivity index (χ0n) is 24.0. The highest BCUT2D eigenvalue weighted by molar-refractivity contribution is 5.66. The predicted octanol–water partition coefficient (Wildman–Crippen LogP) is 6.67. The Morgan fingerprint density at radius 3 is 2.56 bits per heavy atom. The minimum absolute atomic E-state index is 0.0736. The molecular weight excluding hydrogens is 452 g/mol. The molecule has 0 aromatic carbocycles. The fourth-order valence-electron chi connectivity index (χ4n) is 9.34. The molecule has 3 saturated carbocycles. The van der Waals surface area contributed by atoms with Crippen molar-refractivity contribution >= 4 is 5.97 Å². The maximum absolute atomic E-state index is 11.5. The second-order valence-corrected chi connectivity index (χ2v) is 13.7. The summed E-state index contributed by atoms with van der Waals surface area (Å²) in [6, 6.07) is 0. The number of allylic oxidation sites excluding steroid dienone is 1. The van der Waals surface area contributed by atoms with Crippen LogP contribution in [0.5, 0.6) is 0 Å². The van der Waals surface area contributed by atoms with Gasteiger partial charge in [0.15, 0.2) is 0 Å². The highest BCUT2D eigenvalue weighted by atomic mass is 16.7. The lowest BCUT2D eigenvalue weighted by atomic mass is 9.47. The van der Waals surface area contributed by atoms with E-state index in [9.17, 15) is 9.90 Å². The molecule has 36 heavy (non-hydrogen) atoms. The maximum atomic E-state index is 11.5. The Balaban J connectivity index is 1.43. The van der Waals surface area contributed by atoms with Gasteiger partial charge in [-0.1, -0.05) is 32.4 Å². The van der Waals surface area contributed by atoms with Crippen LogP contribution < -0.4 is 0 Å². The fourth-order valence-corrected chi connectivity index (χ4v) is 9.34. The summed E-state index contributed by atoms with van der Waals surface area (Å²) in [4.78, 5) is 11.5. The van der Waals surface area contributed by atoms with Gasteiger partial charge in [0.05, 0.1) is 11.7 Å². The smallest absolute Gasteiger partial charge is 0.302 e. The van der Waals surface area contributed by atoms with Gasteiger partial charge >= 0.3 is 5.97 Å². The number of esters is 1. The van der Waals surface area contributed by atoms with Gasteiger partial charge in [-0.05, 0) is 112 Å². The molecule has 0 aliphatic heterocycles. The molecule has 0 aromatic rings. The van der Waals surface area contributed by atoms with Crippen LogP contribution in [0.15, 0.2) is 11.6 Å². The topological polar surface area (TPSA) is 65.0 Å². The minimum Gasteiger partial charge on any atom is -0.462 e. The molecule has 0 radical (unpaired) electrons. The van der Waals surface area contributed by atoms with E-state index in [1.165, 1.54) is 39.0 Å². The quantitative estimate of drug-likeness (QED) is 0.216. The van der Waals surface area contributed by atoms with E-state index >= 15 is 0 Å². The zero-order valence-corrected chi connectivity index (χ0v) is 24.0. The molecule has 0 bridgehead atoms. The van der Waals surface area contributed by atoms with Crippen molar-refractivity contribution in [3.05, 3.63) is 11.6 Å².